The van der Waals surface area contributed by atoms with E-state index >= 15 is 0 Å². The SMILES string of the molecule is COc1ccccc1N1CCN([C@@H](c2cc3ccc(C)cc3[nH]c2=O)c2nnnn2C[C@H]2CCCO2)CC1. The van der Waals surface area contributed by atoms with Crippen LogP contribution < -0.4 is 15.2 Å². The number of anilines is 1. The Morgan fingerprint density at radius 1 is 1.13 bits per heavy atom. The van der Waals surface area contributed by atoms with E-state index in [4.69, 9.17) is 9.47 Å². The molecule has 0 saturated carbocycles. The van der Waals surface area contributed by atoms with Crippen LogP contribution in [0.2, 0.25) is 0 Å². The van der Waals surface area contributed by atoms with Gasteiger partial charge in [0.05, 0.1) is 25.4 Å². The molecule has 0 amide bonds. The lowest BCUT2D eigenvalue weighted by atomic mass is 10.0. The van der Waals surface area contributed by atoms with Gasteiger partial charge in [-0.15, -0.1) is 5.10 Å². The molecule has 2 fully saturated rings. The summed E-state index contributed by atoms with van der Waals surface area (Å²) in [5.74, 6) is 1.53. The maximum Gasteiger partial charge on any atom is 0.253 e. The molecule has 2 saturated heterocycles. The van der Waals surface area contributed by atoms with Crippen molar-refractivity contribution in [2.24, 2.45) is 0 Å². The number of hydrogen-bond donors (Lipinski definition) is 1. The molecule has 0 spiro atoms. The zero-order chi connectivity index (χ0) is 26.1. The molecule has 2 aliphatic rings. The molecule has 2 aromatic heterocycles. The number of benzene rings is 2. The smallest absolute Gasteiger partial charge is 0.253 e. The van der Waals surface area contributed by atoms with Crippen molar-refractivity contribution in [2.75, 3.05) is 44.8 Å². The Hall–Kier alpha value is -3.76. The number of nitrogens with one attached hydrogen (secondary N) is 1. The highest BCUT2D eigenvalue weighted by atomic mass is 16.5. The highest BCUT2D eigenvalue weighted by Crippen LogP contribution is 2.32. The van der Waals surface area contributed by atoms with Gasteiger partial charge in [-0.1, -0.05) is 24.3 Å². The van der Waals surface area contributed by atoms with E-state index in [0.717, 1.165) is 73.5 Å². The first kappa shape index (κ1) is 24.6. The van der Waals surface area contributed by atoms with Gasteiger partial charge in [0.25, 0.3) is 5.56 Å². The van der Waals surface area contributed by atoms with Gasteiger partial charge in [0.15, 0.2) is 5.82 Å². The molecule has 2 aromatic carbocycles. The lowest BCUT2D eigenvalue weighted by Crippen LogP contribution is -2.49. The summed E-state index contributed by atoms with van der Waals surface area (Å²) < 4.78 is 13.3. The predicted octanol–water partition coefficient (Wildman–Crippen LogP) is 2.92. The number of aromatic nitrogens is 5. The summed E-state index contributed by atoms with van der Waals surface area (Å²) in [7, 11) is 1.70. The van der Waals surface area contributed by atoms with Crippen molar-refractivity contribution >= 4 is 16.6 Å². The Morgan fingerprint density at radius 3 is 2.76 bits per heavy atom. The van der Waals surface area contributed by atoms with Crippen LogP contribution in [0.1, 0.15) is 35.8 Å². The third kappa shape index (κ3) is 4.77. The summed E-state index contributed by atoms with van der Waals surface area (Å²) in [5, 5.41) is 13.8. The molecule has 0 aliphatic carbocycles. The third-order valence-electron chi connectivity index (χ3n) is 7.63. The van der Waals surface area contributed by atoms with Gasteiger partial charge in [-0.3, -0.25) is 9.69 Å². The van der Waals surface area contributed by atoms with E-state index in [1.165, 1.54) is 0 Å². The van der Waals surface area contributed by atoms with Crippen molar-refractivity contribution < 1.29 is 9.47 Å². The van der Waals surface area contributed by atoms with Crippen LogP contribution in [0.4, 0.5) is 5.69 Å². The van der Waals surface area contributed by atoms with Crippen LogP contribution in [0.25, 0.3) is 10.9 Å². The van der Waals surface area contributed by atoms with E-state index in [9.17, 15) is 4.79 Å². The first-order valence-corrected chi connectivity index (χ1v) is 13.2. The maximum atomic E-state index is 13.5. The Kier molecular flexibility index (Phi) is 6.82. The van der Waals surface area contributed by atoms with E-state index in [2.05, 4.69) is 48.5 Å². The number of ether oxygens (including phenoxy) is 2. The summed E-state index contributed by atoms with van der Waals surface area (Å²) in [6.45, 7) is 6.41. The van der Waals surface area contributed by atoms with Crippen molar-refractivity contribution in [1.29, 1.82) is 0 Å². The van der Waals surface area contributed by atoms with E-state index in [1.807, 2.05) is 41.9 Å². The highest BCUT2D eigenvalue weighted by Gasteiger charge is 2.34. The fourth-order valence-electron chi connectivity index (χ4n) is 5.66. The van der Waals surface area contributed by atoms with Crippen LogP contribution >= 0.6 is 0 Å². The van der Waals surface area contributed by atoms with Crippen LogP contribution in [0, 0.1) is 6.92 Å². The average molecular weight is 516 g/mol. The molecule has 4 heterocycles. The minimum Gasteiger partial charge on any atom is -0.495 e. The first-order valence-electron chi connectivity index (χ1n) is 13.2. The molecular formula is C28H33N7O3. The second kappa shape index (κ2) is 10.5. The zero-order valence-electron chi connectivity index (χ0n) is 21.8. The predicted molar refractivity (Wildman–Crippen MR) is 145 cm³/mol. The van der Waals surface area contributed by atoms with Gasteiger partial charge in [0.2, 0.25) is 0 Å². The number of nitrogens with zero attached hydrogens (tertiary/aromatic N) is 6. The van der Waals surface area contributed by atoms with Crippen molar-refractivity contribution in [2.45, 2.75) is 38.5 Å². The van der Waals surface area contributed by atoms with Gasteiger partial charge in [0, 0.05) is 43.9 Å². The van der Waals surface area contributed by atoms with Gasteiger partial charge in [-0.25, -0.2) is 4.68 Å². The van der Waals surface area contributed by atoms with Gasteiger partial charge >= 0.3 is 0 Å². The minimum absolute atomic E-state index is 0.0816. The van der Waals surface area contributed by atoms with Crippen LogP contribution in [0.3, 0.4) is 0 Å². The molecule has 0 radical (unpaired) electrons. The second-order valence-corrected chi connectivity index (χ2v) is 10.1. The van der Waals surface area contributed by atoms with E-state index in [0.29, 0.717) is 17.9 Å². The number of H-pyrrole nitrogens is 1. The number of hydrogen-bond acceptors (Lipinski definition) is 8. The Balaban J connectivity index is 1.36. The first-order chi connectivity index (χ1) is 18.6. The summed E-state index contributed by atoms with van der Waals surface area (Å²) in [4.78, 5) is 21.3. The van der Waals surface area contributed by atoms with Gasteiger partial charge in [-0.2, -0.15) is 0 Å². The standard InChI is InChI=1S/C28H33N7O3/c1-19-9-10-20-17-22(28(36)29-23(20)16-19)26(27-30-31-32-35(27)18-21-6-5-15-38-21)34-13-11-33(12-14-34)24-7-3-4-8-25(24)37-2/h3-4,7-10,16-17,21,26H,5-6,11-15,18H2,1-2H3,(H,29,36)/t21-,26+/m1/s1. The van der Waals surface area contributed by atoms with Crippen LogP contribution in [0.5, 0.6) is 5.75 Å². The minimum atomic E-state index is -0.388. The van der Waals surface area contributed by atoms with E-state index < -0.39 is 0 Å². The molecule has 10 nitrogen and oxygen atoms in total. The number of pyridine rings is 1. The molecule has 2 aliphatic heterocycles. The molecule has 0 unspecified atom stereocenters. The number of fused-ring (bicyclic) bond motifs is 1. The summed E-state index contributed by atoms with van der Waals surface area (Å²) >= 11 is 0. The monoisotopic (exact) mass is 515 g/mol. The van der Waals surface area contributed by atoms with Crippen molar-refractivity contribution in [3.8, 4) is 5.75 Å². The maximum absolute atomic E-state index is 13.5. The number of methoxy groups -OCH3 is 1. The molecule has 1 N–H and O–H groups in total. The third-order valence-corrected chi connectivity index (χ3v) is 7.63. The quantitative estimate of drug-likeness (QED) is 0.401. The molecule has 4 aromatic rings. The Bertz CT molecular complexity index is 1470. The normalized spacial score (nSPS) is 19.2. The lowest BCUT2D eigenvalue weighted by Gasteiger charge is -2.40. The number of rotatable bonds is 7. The summed E-state index contributed by atoms with van der Waals surface area (Å²) in [6, 6.07) is 15.8. The fraction of sp³-hybridized carbons (Fsp3) is 0.429. The molecule has 10 heteroatoms. The average Bonchev–Trinajstić information content (AvgIpc) is 3.62. The van der Waals surface area contributed by atoms with Gasteiger partial charge in [0.1, 0.15) is 11.8 Å². The number of para-hydroxylation sites is 2. The van der Waals surface area contributed by atoms with Crippen molar-refractivity contribution in [3.05, 3.63) is 75.8 Å². The summed E-state index contributed by atoms with van der Waals surface area (Å²) in [5.41, 5.74) is 3.54. The highest BCUT2D eigenvalue weighted by molar-refractivity contribution is 5.79. The van der Waals surface area contributed by atoms with Gasteiger partial charge < -0.3 is 19.4 Å². The number of aryl methyl sites for hydroxylation is 1. The molecule has 2 atom stereocenters. The topological polar surface area (TPSA) is 101 Å². The Labute approximate surface area is 221 Å². The molecular weight excluding hydrogens is 482 g/mol. The van der Waals surface area contributed by atoms with E-state index in [1.54, 1.807) is 7.11 Å². The van der Waals surface area contributed by atoms with Crippen molar-refractivity contribution in [3.63, 3.8) is 0 Å². The largest absolute Gasteiger partial charge is 0.495 e. The molecule has 38 heavy (non-hydrogen) atoms. The van der Waals surface area contributed by atoms with Crippen LogP contribution in [0.15, 0.2) is 53.3 Å². The molecule has 6 rings (SSSR count). The van der Waals surface area contributed by atoms with Crippen LogP contribution in [-0.4, -0.2) is 76.1 Å². The fourth-order valence-corrected chi connectivity index (χ4v) is 5.66. The number of piperazine rings is 1. The Morgan fingerprint density at radius 2 is 1.97 bits per heavy atom. The van der Waals surface area contributed by atoms with Gasteiger partial charge in [-0.05, 0) is 65.4 Å². The molecule has 0 bridgehead atoms. The summed E-state index contributed by atoms with van der Waals surface area (Å²) in [6.07, 6.45) is 2.11. The number of aromatic amines is 1. The van der Waals surface area contributed by atoms with Crippen LogP contribution in [-0.2, 0) is 11.3 Å². The lowest BCUT2D eigenvalue weighted by molar-refractivity contribution is 0.0906. The second-order valence-electron chi connectivity index (χ2n) is 10.1. The van der Waals surface area contributed by atoms with Crippen molar-refractivity contribution in [1.82, 2.24) is 30.1 Å². The molecule has 198 valence electrons. The number of tetrazole rings is 1. The van der Waals surface area contributed by atoms with E-state index in [-0.39, 0.29) is 17.7 Å². The zero-order valence-corrected chi connectivity index (χ0v) is 21.8.